The maximum absolute atomic E-state index is 10.3. The summed E-state index contributed by atoms with van der Waals surface area (Å²) >= 11 is 0. The van der Waals surface area contributed by atoms with E-state index in [1.54, 1.807) is 0 Å². The van der Waals surface area contributed by atoms with E-state index in [4.69, 9.17) is 5.73 Å². The van der Waals surface area contributed by atoms with Gasteiger partial charge in [-0.2, -0.15) is 0 Å². The third-order valence-electron chi connectivity index (χ3n) is 2.81. The van der Waals surface area contributed by atoms with Gasteiger partial charge < -0.3 is 11.1 Å². The number of amides is 1. The largest absolute Gasteiger partial charge is 0.399 e. The van der Waals surface area contributed by atoms with Crippen LogP contribution in [0.1, 0.15) is 17.9 Å². The molecule has 2 rings (SSSR count). The van der Waals surface area contributed by atoms with Crippen molar-refractivity contribution in [3.8, 4) is 0 Å². The Hall–Kier alpha value is -1.55. The molecule has 1 amide bonds. The second kappa shape index (κ2) is 4.31. The second-order valence-corrected chi connectivity index (χ2v) is 3.84. The zero-order valence-corrected chi connectivity index (χ0v) is 8.44. The van der Waals surface area contributed by atoms with Gasteiger partial charge in [0, 0.05) is 12.2 Å². The molecule has 0 aromatic heterocycles. The van der Waals surface area contributed by atoms with Crippen LogP contribution in [-0.2, 0) is 4.79 Å². The minimum absolute atomic E-state index is 0.102. The SMILES string of the molecule is Nc1ccc(C2CNC(NC=O)C2)cc1. The van der Waals surface area contributed by atoms with Gasteiger partial charge in [-0.15, -0.1) is 0 Å². The van der Waals surface area contributed by atoms with E-state index in [9.17, 15) is 4.79 Å². The molecule has 1 aromatic rings. The average molecular weight is 205 g/mol. The van der Waals surface area contributed by atoms with Crippen molar-refractivity contribution >= 4 is 12.1 Å². The molecule has 4 heteroatoms. The number of nitrogens with one attached hydrogen (secondary N) is 2. The van der Waals surface area contributed by atoms with Crippen LogP contribution in [0.3, 0.4) is 0 Å². The van der Waals surface area contributed by atoms with Crippen molar-refractivity contribution in [3.05, 3.63) is 29.8 Å². The van der Waals surface area contributed by atoms with Crippen LogP contribution in [-0.4, -0.2) is 19.1 Å². The molecule has 80 valence electrons. The van der Waals surface area contributed by atoms with Crippen molar-refractivity contribution < 1.29 is 4.79 Å². The summed E-state index contributed by atoms with van der Waals surface area (Å²) in [5, 5.41) is 5.99. The third-order valence-corrected chi connectivity index (χ3v) is 2.81. The summed E-state index contributed by atoms with van der Waals surface area (Å²) in [5.41, 5.74) is 7.68. The molecule has 0 saturated carbocycles. The summed E-state index contributed by atoms with van der Waals surface area (Å²) in [6.07, 6.45) is 1.77. The lowest BCUT2D eigenvalue weighted by atomic mass is 9.97. The molecule has 4 N–H and O–H groups in total. The Morgan fingerprint density at radius 1 is 1.40 bits per heavy atom. The summed E-state index contributed by atoms with van der Waals surface area (Å²) in [6, 6.07) is 7.92. The van der Waals surface area contributed by atoms with E-state index in [1.165, 1.54) is 5.56 Å². The standard InChI is InChI=1S/C11H15N3O/c12-10-3-1-8(2-4-10)9-5-11(13-6-9)14-7-15/h1-4,7,9,11,13H,5-6,12H2,(H,14,15). The molecule has 1 fully saturated rings. The molecule has 1 heterocycles. The zero-order valence-electron chi connectivity index (χ0n) is 8.44. The highest BCUT2D eigenvalue weighted by Gasteiger charge is 2.24. The van der Waals surface area contributed by atoms with Crippen LogP contribution < -0.4 is 16.4 Å². The minimum Gasteiger partial charge on any atom is -0.399 e. The average Bonchev–Trinajstić information content (AvgIpc) is 2.68. The van der Waals surface area contributed by atoms with Gasteiger partial charge in [0.25, 0.3) is 0 Å². The van der Waals surface area contributed by atoms with Gasteiger partial charge in [0.2, 0.25) is 6.41 Å². The van der Waals surface area contributed by atoms with Gasteiger partial charge in [-0.1, -0.05) is 12.1 Å². The Labute approximate surface area is 88.9 Å². The predicted octanol–water partition coefficient (Wildman–Crippen LogP) is 0.418. The molecule has 1 aliphatic rings. The first kappa shape index (κ1) is 9.98. The first-order valence-corrected chi connectivity index (χ1v) is 5.08. The maximum Gasteiger partial charge on any atom is 0.208 e. The van der Waals surface area contributed by atoms with Gasteiger partial charge in [-0.05, 0) is 30.0 Å². The lowest BCUT2D eigenvalue weighted by Crippen LogP contribution is -2.35. The first-order valence-electron chi connectivity index (χ1n) is 5.08. The molecular weight excluding hydrogens is 190 g/mol. The number of carbonyl (C=O) groups is 1. The number of nitrogen functional groups attached to an aromatic ring is 1. The summed E-state index contributed by atoms with van der Waals surface area (Å²) in [7, 11) is 0. The lowest BCUT2D eigenvalue weighted by molar-refractivity contribution is -0.110. The highest BCUT2D eigenvalue weighted by molar-refractivity contribution is 5.47. The first-order chi connectivity index (χ1) is 7.29. The van der Waals surface area contributed by atoms with Gasteiger partial charge in [0.05, 0.1) is 6.17 Å². The van der Waals surface area contributed by atoms with Gasteiger partial charge >= 0.3 is 0 Å². The summed E-state index contributed by atoms with van der Waals surface area (Å²) < 4.78 is 0. The quantitative estimate of drug-likeness (QED) is 0.495. The highest BCUT2D eigenvalue weighted by atomic mass is 16.1. The fourth-order valence-electron chi connectivity index (χ4n) is 1.97. The number of anilines is 1. The van der Waals surface area contributed by atoms with Crippen LogP contribution in [0.2, 0.25) is 0 Å². The molecule has 15 heavy (non-hydrogen) atoms. The summed E-state index contributed by atoms with van der Waals surface area (Å²) in [5.74, 6) is 0.461. The molecule has 0 aliphatic carbocycles. The smallest absolute Gasteiger partial charge is 0.208 e. The fourth-order valence-corrected chi connectivity index (χ4v) is 1.97. The Morgan fingerprint density at radius 2 is 2.13 bits per heavy atom. The zero-order chi connectivity index (χ0) is 10.7. The number of nitrogens with two attached hydrogens (primary N) is 1. The van der Waals surface area contributed by atoms with Gasteiger partial charge in [0.15, 0.2) is 0 Å². The second-order valence-electron chi connectivity index (χ2n) is 3.84. The van der Waals surface area contributed by atoms with Crippen LogP contribution in [0.25, 0.3) is 0 Å². The molecule has 0 bridgehead atoms. The summed E-state index contributed by atoms with van der Waals surface area (Å²) in [6.45, 7) is 0.898. The molecular formula is C11H15N3O. The Bertz CT molecular complexity index is 336. The number of carbonyl (C=O) groups excluding carboxylic acids is 1. The topological polar surface area (TPSA) is 67.2 Å². The normalized spacial score (nSPS) is 25.1. The monoisotopic (exact) mass is 205 g/mol. The van der Waals surface area contributed by atoms with Crippen molar-refractivity contribution in [1.82, 2.24) is 10.6 Å². The maximum atomic E-state index is 10.3. The van der Waals surface area contributed by atoms with Crippen molar-refractivity contribution in [3.63, 3.8) is 0 Å². The molecule has 2 unspecified atom stereocenters. The number of hydrogen-bond acceptors (Lipinski definition) is 3. The van der Waals surface area contributed by atoms with Crippen LogP contribution in [0, 0.1) is 0 Å². The Balaban J connectivity index is 2.01. The van der Waals surface area contributed by atoms with E-state index in [0.717, 1.165) is 25.1 Å². The van der Waals surface area contributed by atoms with Crippen molar-refractivity contribution in [2.45, 2.75) is 18.5 Å². The predicted molar refractivity (Wildman–Crippen MR) is 59.2 cm³/mol. The summed E-state index contributed by atoms with van der Waals surface area (Å²) in [4.78, 5) is 10.3. The van der Waals surface area contributed by atoms with Crippen LogP contribution in [0.4, 0.5) is 5.69 Å². The van der Waals surface area contributed by atoms with Crippen molar-refractivity contribution in [1.29, 1.82) is 0 Å². The van der Waals surface area contributed by atoms with Crippen molar-refractivity contribution in [2.75, 3.05) is 12.3 Å². The van der Waals surface area contributed by atoms with E-state index < -0.39 is 0 Å². The van der Waals surface area contributed by atoms with Gasteiger partial charge in [-0.3, -0.25) is 10.1 Å². The fraction of sp³-hybridized carbons (Fsp3) is 0.364. The minimum atomic E-state index is 0.102. The van der Waals surface area contributed by atoms with Gasteiger partial charge in [0.1, 0.15) is 0 Å². The molecule has 1 saturated heterocycles. The highest BCUT2D eigenvalue weighted by Crippen LogP contribution is 2.25. The lowest BCUT2D eigenvalue weighted by Gasteiger charge is -2.09. The third kappa shape index (κ3) is 2.27. The van der Waals surface area contributed by atoms with E-state index in [0.29, 0.717) is 5.92 Å². The number of benzene rings is 1. The molecule has 0 radical (unpaired) electrons. The Morgan fingerprint density at radius 3 is 2.80 bits per heavy atom. The van der Waals surface area contributed by atoms with E-state index in [2.05, 4.69) is 10.6 Å². The van der Waals surface area contributed by atoms with Gasteiger partial charge in [-0.25, -0.2) is 0 Å². The number of rotatable bonds is 3. The molecule has 1 aliphatic heterocycles. The van der Waals surface area contributed by atoms with Crippen LogP contribution >= 0.6 is 0 Å². The molecule has 4 nitrogen and oxygen atoms in total. The van der Waals surface area contributed by atoms with Crippen LogP contribution in [0.5, 0.6) is 0 Å². The molecule has 2 atom stereocenters. The molecule has 1 aromatic carbocycles. The van der Waals surface area contributed by atoms with Crippen LogP contribution in [0.15, 0.2) is 24.3 Å². The molecule has 0 spiro atoms. The van der Waals surface area contributed by atoms with E-state index >= 15 is 0 Å². The van der Waals surface area contributed by atoms with E-state index in [1.807, 2.05) is 24.3 Å². The Kier molecular flexibility index (Phi) is 2.87. The number of hydrogen-bond donors (Lipinski definition) is 3. The van der Waals surface area contributed by atoms with Crippen molar-refractivity contribution in [2.24, 2.45) is 0 Å². The van der Waals surface area contributed by atoms with E-state index in [-0.39, 0.29) is 6.17 Å².